The van der Waals surface area contributed by atoms with Gasteiger partial charge >= 0.3 is 0 Å². The Kier molecular flexibility index (Phi) is 6.21. The first-order valence-corrected chi connectivity index (χ1v) is 8.25. The Morgan fingerprint density at radius 2 is 2.22 bits per heavy atom. The number of rotatable bonds is 6. The van der Waals surface area contributed by atoms with Gasteiger partial charge in [0, 0.05) is 39.0 Å². The van der Waals surface area contributed by atoms with Gasteiger partial charge in [-0.05, 0) is 44.7 Å². The lowest BCUT2D eigenvalue weighted by Crippen LogP contribution is -2.45. The van der Waals surface area contributed by atoms with E-state index in [1.54, 1.807) is 12.0 Å². The Balaban J connectivity index is 1.91. The summed E-state index contributed by atoms with van der Waals surface area (Å²) < 4.78 is 4.97. The number of aromatic nitrogens is 1. The number of likely N-dealkylation sites (tertiary alicyclic amines) is 1. The van der Waals surface area contributed by atoms with Crippen molar-refractivity contribution < 1.29 is 14.3 Å². The summed E-state index contributed by atoms with van der Waals surface area (Å²) in [6.45, 7) is 6.33. The molecule has 0 aliphatic carbocycles. The number of aryl methyl sites for hydroxylation is 2. The Morgan fingerprint density at radius 3 is 2.87 bits per heavy atom. The van der Waals surface area contributed by atoms with Gasteiger partial charge in [-0.1, -0.05) is 0 Å². The predicted octanol–water partition coefficient (Wildman–Crippen LogP) is 1.64. The molecule has 2 amide bonds. The van der Waals surface area contributed by atoms with Gasteiger partial charge in [-0.3, -0.25) is 9.59 Å². The summed E-state index contributed by atoms with van der Waals surface area (Å²) in [7, 11) is 1.65. The van der Waals surface area contributed by atoms with Gasteiger partial charge in [0.05, 0.1) is 5.92 Å². The van der Waals surface area contributed by atoms with E-state index in [2.05, 4.69) is 10.3 Å². The number of nitrogens with zero attached hydrogens (tertiary/aromatic N) is 1. The van der Waals surface area contributed by atoms with Crippen molar-refractivity contribution in [1.82, 2.24) is 15.2 Å². The van der Waals surface area contributed by atoms with Crippen molar-refractivity contribution in [3.8, 4) is 0 Å². The summed E-state index contributed by atoms with van der Waals surface area (Å²) >= 11 is 0. The zero-order valence-electron chi connectivity index (χ0n) is 14.3. The maximum atomic E-state index is 12.6. The highest BCUT2D eigenvalue weighted by Gasteiger charge is 2.29. The molecule has 2 heterocycles. The van der Waals surface area contributed by atoms with Crippen molar-refractivity contribution in [2.24, 2.45) is 5.92 Å². The van der Waals surface area contributed by atoms with E-state index in [0.29, 0.717) is 31.9 Å². The second-order valence-electron chi connectivity index (χ2n) is 6.24. The molecule has 128 valence electrons. The minimum atomic E-state index is -0.119. The molecule has 1 aromatic rings. The van der Waals surface area contributed by atoms with E-state index >= 15 is 0 Å². The number of piperidine rings is 1. The van der Waals surface area contributed by atoms with E-state index in [9.17, 15) is 9.59 Å². The molecule has 1 atom stereocenters. The van der Waals surface area contributed by atoms with E-state index in [4.69, 9.17) is 4.74 Å². The number of ether oxygens (including phenoxy) is 1. The lowest BCUT2D eigenvalue weighted by molar-refractivity contribution is -0.126. The average molecular weight is 321 g/mol. The van der Waals surface area contributed by atoms with Gasteiger partial charge in [0.2, 0.25) is 5.91 Å². The number of carbonyl (C=O) groups is 2. The fraction of sp³-hybridized carbons (Fsp3) is 0.647. The molecule has 0 unspecified atom stereocenters. The minimum absolute atomic E-state index is 0.00696. The van der Waals surface area contributed by atoms with Gasteiger partial charge in [0.25, 0.3) is 5.91 Å². The van der Waals surface area contributed by atoms with Crippen LogP contribution in [0.15, 0.2) is 6.07 Å². The van der Waals surface area contributed by atoms with Crippen molar-refractivity contribution in [2.75, 3.05) is 33.4 Å². The van der Waals surface area contributed by atoms with Crippen LogP contribution in [0.1, 0.15) is 41.0 Å². The summed E-state index contributed by atoms with van der Waals surface area (Å²) in [5, 5.41) is 2.94. The molecule has 6 heteroatoms. The molecule has 1 fully saturated rings. The highest BCUT2D eigenvalue weighted by molar-refractivity contribution is 5.94. The molecule has 2 rings (SSSR count). The van der Waals surface area contributed by atoms with Crippen LogP contribution in [0.2, 0.25) is 0 Å². The third-order valence-electron chi connectivity index (χ3n) is 4.27. The number of hydrogen-bond donors (Lipinski definition) is 2. The first-order valence-electron chi connectivity index (χ1n) is 8.25. The lowest BCUT2D eigenvalue weighted by Gasteiger charge is -2.32. The number of aromatic amines is 1. The van der Waals surface area contributed by atoms with Crippen LogP contribution in [0.3, 0.4) is 0 Å². The van der Waals surface area contributed by atoms with Gasteiger partial charge in [-0.25, -0.2) is 0 Å². The van der Waals surface area contributed by atoms with Crippen molar-refractivity contribution in [1.29, 1.82) is 0 Å². The predicted molar refractivity (Wildman–Crippen MR) is 88.4 cm³/mol. The Hall–Kier alpha value is -1.82. The highest BCUT2D eigenvalue weighted by Crippen LogP contribution is 2.20. The summed E-state index contributed by atoms with van der Waals surface area (Å²) in [6.07, 6.45) is 2.50. The van der Waals surface area contributed by atoms with Crippen molar-refractivity contribution >= 4 is 11.8 Å². The SMILES string of the molecule is COCCCNC(=O)[C@@H]1CCCN(C(=O)c2[nH]c(C)cc2C)C1. The van der Waals surface area contributed by atoms with Gasteiger partial charge in [-0.15, -0.1) is 0 Å². The van der Waals surface area contributed by atoms with E-state index < -0.39 is 0 Å². The van der Waals surface area contributed by atoms with Gasteiger partial charge in [-0.2, -0.15) is 0 Å². The minimum Gasteiger partial charge on any atom is -0.385 e. The Labute approximate surface area is 137 Å². The van der Waals surface area contributed by atoms with Crippen LogP contribution in [0.5, 0.6) is 0 Å². The summed E-state index contributed by atoms with van der Waals surface area (Å²) in [6, 6.07) is 1.97. The van der Waals surface area contributed by atoms with Gasteiger partial charge in [0.15, 0.2) is 0 Å². The van der Waals surface area contributed by atoms with E-state index in [-0.39, 0.29) is 17.7 Å². The second-order valence-corrected chi connectivity index (χ2v) is 6.24. The van der Waals surface area contributed by atoms with Crippen LogP contribution in [-0.2, 0) is 9.53 Å². The fourth-order valence-electron chi connectivity index (χ4n) is 3.06. The zero-order valence-corrected chi connectivity index (χ0v) is 14.3. The Morgan fingerprint density at radius 1 is 1.43 bits per heavy atom. The van der Waals surface area contributed by atoms with Gasteiger partial charge < -0.3 is 19.9 Å². The van der Waals surface area contributed by atoms with Crippen molar-refractivity contribution in [3.05, 3.63) is 23.0 Å². The molecule has 1 aromatic heterocycles. The van der Waals surface area contributed by atoms with E-state index in [1.165, 1.54) is 0 Å². The molecular weight excluding hydrogens is 294 g/mol. The molecule has 23 heavy (non-hydrogen) atoms. The van der Waals surface area contributed by atoms with Crippen LogP contribution in [0, 0.1) is 19.8 Å². The van der Waals surface area contributed by atoms with Gasteiger partial charge in [0.1, 0.15) is 5.69 Å². The normalized spacial score (nSPS) is 18.0. The molecule has 1 aliphatic heterocycles. The smallest absolute Gasteiger partial charge is 0.270 e. The molecule has 1 saturated heterocycles. The third-order valence-corrected chi connectivity index (χ3v) is 4.27. The number of carbonyl (C=O) groups excluding carboxylic acids is 2. The summed E-state index contributed by atoms with van der Waals surface area (Å²) in [5.74, 6) is -0.0860. The van der Waals surface area contributed by atoms with Crippen molar-refractivity contribution in [2.45, 2.75) is 33.1 Å². The number of hydrogen-bond acceptors (Lipinski definition) is 3. The molecule has 0 aromatic carbocycles. The molecule has 0 radical (unpaired) electrons. The van der Waals surface area contributed by atoms with E-state index in [1.807, 2.05) is 19.9 Å². The topological polar surface area (TPSA) is 74.4 Å². The first kappa shape index (κ1) is 17.5. The molecule has 0 spiro atoms. The molecule has 2 N–H and O–H groups in total. The number of nitrogens with one attached hydrogen (secondary N) is 2. The summed E-state index contributed by atoms with van der Waals surface area (Å²) in [4.78, 5) is 29.8. The highest BCUT2D eigenvalue weighted by atomic mass is 16.5. The first-order chi connectivity index (χ1) is 11.0. The van der Waals surface area contributed by atoms with E-state index in [0.717, 1.165) is 30.5 Å². The summed E-state index contributed by atoms with van der Waals surface area (Å²) in [5.41, 5.74) is 2.58. The fourth-order valence-corrected chi connectivity index (χ4v) is 3.06. The average Bonchev–Trinajstić information content (AvgIpc) is 2.89. The van der Waals surface area contributed by atoms with Crippen LogP contribution in [0.25, 0.3) is 0 Å². The third kappa shape index (κ3) is 4.58. The molecule has 0 saturated carbocycles. The lowest BCUT2D eigenvalue weighted by atomic mass is 9.96. The number of methoxy groups -OCH3 is 1. The van der Waals surface area contributed by atoms with Crippen LogP contribution < -0.4 is 5.32 Å². The maximum Gasteiger partial charge on any atom is 0.270 e. The number of amides is 2. The Bertz CT molecular complexity index is 553. The largest absolute Gasteiger partial charge is 0.385 e. The van der Waals surface area contributed by atoms with Crippen molar-refractivity contribution in [3.63, 3.8) is 0 Å². The molecular formula is C17H27N3O3. The number of H-pyrrole nitrogens is 1. The second kappa shape index (κ2) is 8.15. The van der Waals surface area contributed by atoms with Crippen LogP contribution in [-0.4, -0.2) is 55.0 Å². The standard InChI is InChI=1S/C17H27N3O3/c1-12-10-13(2)19-15(12)17(22)20-8-4-6-14(11-20)16(21)18-7-5-9-23-3/h10,14,19H,4-9,11H2,1-3H3,(H,18,21)/t14-/m1/s1. The zero-order chi connectivity index (χ0) is 16.8. The molecule has 6 nitrogen and oxygen atoms in total. The monoisotopic (exact) mass is 321 g/mol. The maximum absolute atomic E-state index is 12.6. The van der Waals surface area contributed by atoms with Crippen LogP contribution >= 0.6 is 0 Å². The quantitative estimate of drug-likeness (QED) is 0.782. The van der Waals surface area contributed by atoms with Crippen LogP contribution in [0.4, 0.5) is 0 Å². The molecule has 1 aliphatic rings. The molecule has 0 bridgehead atoms.